The van der Waals surface area contributed by atoms with Crippen molar-refractivity contribution in [3.05, 3.63) is 29.8 Å². The number of nitrogens with one attached hydrogen (secondary N) is 2. The van der Waals surface area contributed by atoms with E-state index in [1.54, 1.807) is 0 Å². The summed E-state index contributed by atoms with van der Waals surface area (Å²) in [6.07, 6.45) is 6.09. The molecule has 2 N–H and O–H groups in total. The quantitative estimate of drug-likeness (QED) is 0.757. The zero-order valence-electron chi connectivity index (χ0n) is 12.7. The average Bonchev–Trinajstić information content (AvgIpc) is 2.49. The molecular weight excluding hydrogens is 264 g/mol. The van der Waals surface area contributed by atoms with Crippen LogP contribution in [0.4, 0.5) is 5.69 Å². The highest BCUT2D eigenvalue weighted by molar-refractivity contribution is 6.01. The van der Waals surface area contributed by atoms with Gasteiger partial charge in [-0.15, -0.1) is 0 Å². The van der Waals surface area contributed by atoms with Crippen LogP contribution in [0, 0.1) is 0 Å². The number of carbonyl (C=O) groups is 2. The van der Waals surface area contributed by atoms with Gasteiger partial charge in [-0.1, -0.05) is 50.8 Å². The van der Waals surface area contributed by atoms with E-state index in [4.69, 9.17) is 0 Å². The Hall–Kier alpha value is -1.84. The van der Waals surface area contributed by atoms with Crippen molar-refractivity contribution >= 4 is 17.5 Å². The topological polar surface area (TPSA) is 58.2 Å². The van der Waals surface area contributed by atoms with E-state index in [1.807, 2.05) is 24.3 Å². The molecule has 1 aromatic carbocycles. The monoisotopic (exact) mass is 288 g/mol. The van der Waals surface area contributed by atoms with Gasteiger partial charge in [-0.3, -0.25) is 9.59 Å². The molecular formula is C17H24N2O2. The SMILES string of the molecule is CCCCCCCNC(=O)C1CC(=O)Nc2ccccc21. The van der Waals surface area contributed by atoms with E-state index in [0.717, 1.165) is 24.1 Å². The molecule has 1 unspecified atom stereocenters. The normalized spacial score (nSPS) is 17.0. The van der Waals surface area contributed by atoms with E-state index in [2.05, 4.69) is 17.6 Å². The van der Waals surface area contributed by atoms with Gasteiger partial charge in [-0.05, 0) is 18.1 Å². The lowest BCUT2D eigenvalue weighted by atomic mass is 9.90. The lowest BCUT2D eigenvalue weighted by Gasteiger charge is -2.24. The molecule has 2 rings (SSSR count). The number of carbonyl (C=O) groups excluding carboxylic acids is 2. The van der Waals surface area contributed by atoms with Crippen molar-refractivity contribution in [2.75, 3.05) is 11.9 Å². The molecule has 0 aromatic heterocycles. The van der Waals surface area contributed by atoms with E-state index >= 15 is 0 Å². The molecule has 1 atom stereocenters. The lowest BCUT2D eigenvalue weighted by Crippen LogP contribution is -2.35. The van der Waals surface area contributed by atoms with Crippen LogP contribution in [0.25, 0.3) is 0 Å². The third kappa shape index (κ3) is 4.31. The standard InChI is InChI=1S/C17H24N2O2/c1-2-3-4-5-8-11-18-17(21)14-12-16(20)19-15-10-7-6-9-13(14)15/h6-7,9-10,14H,2-5,8,11-12H2,1H3,(H,18,21)(H,19,20). The Kier molecular flexibility index (Phi) is 5.78. The third-order valence-corrected chi connectivity index (χ3v) is 3.90. The predicted octanol–water partition coefficient (Wildman–Crippen LogP) is 3.20. The van der Waals surface area contributed by atoms with Gasteiger partial charge in [0, 0.05) is 18.7 Å². The van der Waals surface area contributed by atoms with Crippen LogP contribution in [-0.2, 0) is 9.59 Å². The van der Waals surface area contributed by atoms with Crippen LogP contribution >= 0.6 is 0 Å². The predicted molar refractivity (Wildman–Crippen MR) is 84.2 cm³/mol. The fraction of sp³-hybridized carbons (Fsp3) is 0.529. The molecule has 4 nitrogen and oxygen atoms in total. The van der Waals surface area contributed by atoms with E-state index in [9.17, 15) is 9.59 Å². The molecule has 114 valence electrons. The largest absolute Gasteiger partial charge is 0.356 e. The summed E-state index contributed by atoms with van der Waals surface area (Å²) in [5.41, 5.74) is 1.68. The molecule has 1 aliphatic heterocycles. The summed E-state index contributed by atoms with van der Waals surface area (Å²) in [6.45, 7) is 2.89. The molecule has 0 spiro atoms. The summed E-state index contributed by atoms with van der Waals surface area (Å²) < 4.78 is 0. The Morgan fingerprint density at radius 3 is 2.81 bits per heavy atom. The highest BCUT2D eigenvalue weighted by Gasteiger charge is 2.29. The molecule has 2 amide bonds. The first-order valence-electron chi connectivity index (χ1n) is 7.89. The van der Waals surface area contributed by atoms with Crippen LogP contribution in [0.15, 0.2) is 24.3 Å². The van der Waals surface area contributed by atoms with Gasteiger partial charge in [0.25, 0.3) is 0 Å². The van der Waals surface area contributed by atoms with Crippen molar-refractivity contribution in [3.63, 3.8) is 0 Å². The molecule has 1 aromatic rings. The number of fused-ring (bicyclic) bond motifs is 1. The first-order chi connectivity index (χ1) is 10.2. The number of hydrogen-bond donors (Lipinski definition) is 2. The summed E-state index contributed by atoms with van der Waals surface area (Å²) in [5.74, 6) is -0.477. The molecule has 4 heteroatoms. The minimum atomic E-state index is -0.356. The highest BCUT2D eigenvalue weighted by Crippen LogP contribution is 2.31. The Morgan fingerprint density at radius 1 is 1.24 bits per heavy atom. The second kappa shape index (κ2) is 7.81. The number of para-hydroxylation sites is 1. The van der Waals surface area contributed by atoms with Gasteiger partial charge >= 0.3 is 0 Å². The fourth-order valence-corrected chi connectivity index (χ4v) is 2.71. The van der Waals surface area contributed by atoms with Crippen LogP contribution in [0.2, 0.25) is 0 Å². The summed E-state index contributed by atoms with van der Waals surface area (Å²) in [5, 5.41) is 5.79. The molecule has 0 fully saturated rings. The maximum atomic E-state index is 12.3. The van der Waals surface area contributed by atoms with Gasteiger partial charge in [-0.2, -0.15) is 0 Å². The van der Waals surface area contributed by atoms with Crippen molar-refractivity contribution in [1.82, 2.24) is 5.32 Å². The molecule has 21 heavy (non-hydrogen) atoms. The van der Waals surface area contributed by atoms with Gasteiger partial charge in [0.2, 0.25) is 11.8 Å². The molecule has 0 saturated heterocycles. The first-order valence-corrected chi connectivity index (χ1v) is 7.89. The van der Waals surface area contributed by atoms with Crippen molar-refractivity contribution in [3.8, 4) is 0 Å². The van der Waals surface area contributed by atoms with Crippen molar-refractivity contribution in [2.24, 2.45) is 0 Å². The Labute approximate surface area is 126 Å². The smallest absolute Gasteiger partial charge is 0.228 e. The summed E-state index contributed by atoms with van der Waals surface area (Å²) in [6, 6.07) is 7.53. The van der Waals surface area contributed by atoms with Gasteiger partial charge < -0.3 is 10.6 Å². The minimum absolute atomic E-state index is 0.0345. The Morgan fingerprint density at radius 2 is 2.00 bits per heavy atom. The van der Waals surface area contributed by atoms with E-state index in [1.165, 1.54) is 19.3 Å². The zero-order chi connectivity index (χ0) is 15.1. The summed E-state index contributed by atoms with van der Waals surface area (Å²) >= 11 is 0. The van der Waals surface area contributed by atoms with Crippen LogP contribution in [0.3, 0.4) is 0 Å². The van der Waals surface area contributed by atoms with Crippen LogP contribution < -0.4 is 10.6 Å². The molecule has 0 radical (unpaired) electrons. The molecule has 0 bridgehead atoms. The maximum absolute atomic E-state index is 12.3. The fourth-order valence-electron chi connectivity index (χ4n) is 2.71. The summed E-state index contributed by atoms with van der Waals surface area (Å²) in [7, 11) is 0. The van der Waals surface area contributed by atoms with E-state index < -0.39 is 0 Å². The number of amides is 2. The second-order valence-electron chi connectivity index (χ2n) is 5.60. The van der Waals surface area contributed by atoms with Gasteiger partial charge in [0.15, 0.2) is 0 Å². The first kappa shape index (κ1) is 15.5. The number of hydrogen-bond acceptors (Lipinski definition) is 2. The van der Waals surface area contributed by atoms with Crippen molar-refractivity contribution < 1.29 is 9.59 Å². The molecule has 1 aliphatic rings. The maximum Gasteiger partial charge on any atom is 0.228 e. The van der Waals surface area contributed by atoms with Crippen LogP contribution in [-0.4, -0.2) is 18.4 Å². The van der Waals surface area contributed by atoms with Gasteiger partial charge in [0.1, 0.15) is 0 Å². The van der Waals surface area contributed by atoms with Crippen molar-refractivity contribution in [2.45, 2.75) is 51.4 Å². The third-order valence-electron chi connectivity index (χ3n) is 3.90. The van der Waals surface area contributed by atoms with E-state index in [0.29, 0.717) is 6.54 Å². The zero-order valence-corrected chi connectivity index (χ0v) is 12.7. The second-order valence-corrected chi connectivity index (χ2v) is 5.60. The number of unbranched alkanes of at least 4 members (excludes halogenated alkanes) is 4. The molecule has 1 heterocycles. The van der Waals surface area contributed by atoms with Crippen LogP contribution in [0.5, 0.6) is 0 Å². The van der Waals surface area contributed by atoms with E-state index in [-0.39, 0.29) is 24.2 Å². The number of benzene rings is 1. The Bertz CT molecular complexity index is 499. The molecule has 0 saturated carbocycles. The number of anilines is 1. The average molecular weight is 288 g/mol. The molecule has 0 aliphatic carbocycles. The van der Waals surface area contributed by atoms with Gasteiger partial charge in [-0.25, -0.2) is 0 Å². The van der Waals surface area contributed by atoms with Crippen molar-refractivity contribution in [1.29, 1.82) is 0 Å². The van der Waals surface area contributed by atoms with Crippen LogP contribution in [0.1, 0.15) is 56.9 Å². The minimum Gasteiger partial charge on any atom is -0.356 e. The van der Waals surface area contributed by atoms with Gasteiger partial charge in [0.05, 0.1) is 5.92 Å². The highest BCUT2D eigenvalue weighted by atomic mass is 16.2. The lowest BCUT2D eigenvalue weighted by molar-refractivity contribution is -0.126. The number of rotatable bonds is 7. The Balaban J connectivity index is 1.86. The summed E-state index contributed by atoms with van der Waals surface area (Å²) in [4.78, 5) is 24.0.